The monoisotopic (exact) mass is 389 g/mol. The molecule has 2 aromatic carbocycles. The fraction of sp³-hybridized carbons (Fsp3) is 0.167. The van der Waals surface area contributed by atoms with Crippen molar-refractivity contribution in [1.29, 1.82) is 0 Å². The first-order valence-corrected chi connectivity index (χ1v) is 8.08. The van der Waals surface area contributed by atoms with Crippen LogP contribution in [0.1, 0.15) is 29.0 Å². The number of rotatable bonds is 4. The van der Waals surface area contributed by atoms with Gasteiger partial charge in [-0.25, -0.2) is 0 Å². The van der Waals surface area contributed by atoms with Gasteiger partial charge >= 0.3 is 0 Å². The molecule has 1 aliphatic rings. The van der Waals surface area contributed by atoms with E-state index in [-0.39, 0.29) is 11.8 Å². The highest BCUT2D eigenvalue weighted by atomic mass is 127. The van der Waals surface area contributed by atoms with E-state index in [9.17, 15) is 4.79 Å². The molecule has 0 bridgehead atoms. The number of hydrogen-bond donors (Lipinski definition) is 1. The van der Waals surface area contributed by atoms with Crippen LogP contribution in [0, 0.1) is 3.57 Å². The van der Waals surface area contributed by atoms with E-state index in [0.29, 0.717) is 13.0 Å². The lowest BCUT2D eigenvalue weighted by molar-refractivity contribution is -0.121. The van der Waals surface area contributed by atoms with Crippen molar-refractivity contribution < 1.29 is 4.79 Å². The van der Waals surface area contributed by atoms with Crippen LogP contribution in [0.2, 0.25) is 0 Å². The van der Waals surface area contributed by atoms with Crippen molar-refractivity contribution in [3.05, 3.63) is 74.9 Å². The molecule has 1 amide bonds. The van der Waals surface area contributed by atoms with Crippen molar-refractivity contribution in [2.45, 2.75) is 18.9 Å². The van der Waals surface area contributed by atoms with Crippen molar-refractivity contribution in [3.63, 3.8) is 0 Å². The number of fused-ring (bicyclic) bond motifs is 1. The van der Waals surface area contributed by atoms with Crippen LogP contribution in [-0.4, -0.2) is 5.91 Å². The molecule has 106 valence electrons. The van der Waals surface area contributed by atoms with Gasteiger partial charge in [-0.2, -0.15) is 0 Å². The Morgan fingerprint density at radius 2 is 2.00 bits per heavy atom. The molecule has 0 radical (unpaired) electrons. The van der Waals surface area contributed by atoms with Crippen molar-refractivity contribution in [1.82, 2.24) is 5.32 Å². The van der Waals surface area contributed by atoms with Crippen LogP contribution in [-0.2, 0) is 11.3 Å². The van der Waals surface area contributed by atoms with Crippen LogP contribution in [0.3, 0.4) is 0 Å². The summed E-state index contributed by atoms with van der Waals surface area (Å²) in [6.45, 7) is 0.591. The van der Waals surface area contributed by atoms with Gasteiger partial charge in [0.2, 0.25) is 5.91 Å². The highest BCUT2D eigenvalue weighted by molar-refractivity contribution is 14.1. The largest absolute Gasteiger partial charge is 0.352 e. The van der Waals surface area contributed by atoms with E-state index in [1.165, 1.54) is 14.7 Å². The van der Waals surface area contributed by atoms with Gasteiger partial charge in [-0.05, 0) is 51.4 Å². The molecule has 0 heterocycles. The maximum atomic E-state index is 12.1. The second-order valence-electron chi connectivity index (χ2n) is 5.21. The minimum Gasteiger partial charge on any atom is -0.352 e. The minimum atomic E-state index is 0.0974. The number of carbonyl (C=O) groups excluding carboxylic acids is 1. The standard InChI is InChI=1S/C18H16INO/c19-16-6-3-4-13(10-16)12-20-18(21)11-15-9-8-14-5-1-2-7-17(14)15/h1-10,15H,11-12H2,(H,20,21). The Morgan fingerprint density at radius 3 is 2.86 bits per heavy atom. The van der Waals surface area contributed by atoms with Gasteiger partial charge in [0.15, 0.2) is 0 Å². The first kappa shape index (κ1) is 14.3. The summed E-state index contributed by atoms with van der Waals surface area (Å²) in [4.78, 5) is 12.1. The van der Waals surface area contributed by atoms with Gasteiger partial charge in [-0.1, -0.05) is 48.6 Å². The Bertz CT molecular complexity index is 693. The molecule has 0 saturated heterocycles. The maximum absolute atomic E-state index is 12.1. The predicted molar refractivity (Wildman–Crippen MR) is 93.8 cm³/mol. The van der Waals surface area contributed by atoms with E-state index in [1.54, 1.807) is 0 Å². The van der Waals surface area contributed by atoms with Crippen molar-refractivity contribution in [2.24, 2.45) is 0 Å². The van der Waals surface area contributed by atoms with E-state index in [0.717, 1.165) is 5.56 Å². The van der Waals surface area contributed by atoms with Gasteiger partial charge in [0, 0.05) is 22.5 Å². The Balaban J connectivity index is 1.57. The third-order valence-corrected chi connectivity index (χ3v) is 4.36. The molecular formula is C18H16INO. The summed E-state index contributed by atoms with van der Waals surface area (Å²) in [5.41, 5.74) is 3.62. The third-order valence-electron chi connectivity index (χ3n) is 3.69. The van der Waals surface area contributed by atoms with Crippen LogP contribution >= 0.6 is 22.6 Å². The molecule has 1 unspecified atom stereocenters. The highest BCUT2D eigenvalue weighted by Crippen LogP contribution is 2.32. The Morgan fingerprint density at radius 1 is 1.14 bits per heavy atom. The van der Waals surface area contributed by atoms with Crippen LogP contribution in [0.5, 0.6) is 0 Å². The van der Waals surface area contributed by atoms with E-state index in [4.69, 9.17) is 0 Å². The molecule has 0 aliphatic heterocycles. The summed E-state index contributed by atoms with van der Waals surface area (Å²) in [5, 5.41) is 3.01. The summed E-state index contributed by atoms with van der Waals surface area (Å²) in [6, 6.07) is 16.4. The van der Waals surface area contributed by atoms with E-state index in [1.807, 2.05) is 30.3 Å². The van der Waals surface area contributed by atoms with Gasteiger partial charge in [-0.3, -0.25) is 4.79 Å². The van der Waals surface area contributed by atoms with Crippen molar-refractivity contribution >= 4 is 34.6 Å². The summed E-state index contributed by atoms with van der Waals surface area (Å²) in [6.07, 6.45) is 4.74. The molecule has 0 aromatic heterocycles. The lowest BCUT2D eigenvalue weighted by Gasteiger charge is -2.11. The average molecular weight is 389 g/mol. The van der Waals surface area contributed by atoms with Gasteiger partial charge in [0.1, 0.15) is 0 Å². The van der Waals surface area contributed by atoms with Gasteiger partial charge in [0.25, 0.3) is 0 Å². The molecule has 21 heavy (non-hydrogen) atoms. The SMILES string of the molecule is O=C(CC1C=Cc2ccccc21)NCc1cccc(I)c1. The summed E-state index contributed by atoms with van der Waals surface area (Å²) >= 11 is 2.28. The zero-order valence-corrected chi connectivity index (χ0v) is 13.7. The third kappa shape index (κ3) is 3.53. The molecule has 1 aliphatic carbocycles. The second-order valence-corrected chi connectivity index (χ2v) is 6.45. The van der Waals surface area contributed by atoms with Gasteiger partial charge in [0.05, 0.1) is 0 Å². The number of nitrogens with one attached hydrogen (secondary N) is 1. The van der Waals surface area contributed by atoms with Crippen LogP contribution in [0.25, 0.3) is 6.08 Å². The summed E-state index contributed by atoms with van der Waals surface area (Å²) in [5.74, 6) is 0.303. The van der Waals surface area contributed by atoms with Crippen LogP contribution in [0.15, 0.2) is 54.6 Å². The molecule has 0 saturated carbocycles. The Kier molecular flexibility index (Phi) is 4.39. The lowest BCUT2D eigenvalue weighted by Crippen LogP contribution is -2.24. The van der Waals surface area contributed by atoms with Crippen LogP contribution in [0.4, 0.5) is 0 Å². The Labute approximate surface area is 138 Å². The number of halogens is 1. The average Bonchev–Trinajstić information content (AvgIpc) is 2.89. The molecule has 3 rings (SSSR count). The molecule has 1 N–H and O–H groups in total. The molecule has 1 atom stereocenters. The molecule has 0 fully saturated rings. The zero-order valence-electron chi connectivity index (χ0n) is 11.6. The smallest absolute Gasteiger partial charge is 0.221 e. The number of benzene rings is 2. The van der Waals surface area contributed by atoms with E-state index in [2.05, 4.69) is 58.3 Å². The minimum absolute atomic E-state index is 0.0974. The second kappa shape index (κ2) is 6.43. The quantitative estimate of drug-likeness (QED) is 0.784. The predicted octanol–water partition coefficient (Wildman–Crippen LogP) is 4.11. The number of carbonyl (C=O) groups is 1. The zero-order chi connectivity index (χ0) is 14.7. The van der Waals surface area contributed by atoms with E-state index < -0.39 is 0 Å². The van der Waals surface area contributed by atoms with Crippen molar-refractivity contribution in [2.75, 3.05) is 0 Å². The Hall–Kier alpha value is -1.62. The normalized spacial score (nSPS) is 15.8. The summed E-state index contributed by atoms with van der Waals surface area (Å²) < 4.78 is 1.19. The number of amides is 1. The number of hydrogen-bond acceptors (Lipinski definition) is 1. The lowest BCUT2D eigenvalue weighted by atomic mass is 9.97. The van der Waals surface area contributed by atoms with Gasteiger partial charge in [-0.15, -0.1) is 0 Å². The van der Waals surface area contributed by atoms with E-state index >= 15 is 0 Å². The maximum Gasteiger partial charge on any atom is 0.221 e. The first-order chi connectivity index (χ1) is 10.2. The molecule has 2 nitrogen and oxygen atoms in total. The van der Waals surface area contributed by atoms with Crippen LogP contribution < -0.4 is 5.32 Å². The molecule has 0 spiro atoms. The number of allylic oxidation sites excluding steroid dienone is 1. The molecule has 2 aromatic rings. The highest BCUT2D eigenvalue weighted by Gasteiger charge is 2.19. The fourth-order valence-corrected chi connectivity index (χ4v) is 3.23. The summed E-state index contributed by atoms with van der Waals surface area (Å²) in [7, 11) is 0. The molecular weight excluding hydrogens is 373 g/mol. The fourth-order valence-electron chi connectivity index (χ4n) is 2.62. The topological polar surface area (TPSA) is 29.1 Å². The first-order valence-electron chi connectivity index (χ1n) is 7.00. The van der Waals surface area contributed by atoms with Crippen molar-refractivity contribution in [3.8, 4) is 0 Å². The molecule has 3 heteroatoms. The van der Waals surface area contributed by atoms with Gasteiger partial charge < -0.3 is 5.32 Å².